The van der Waals surface area contributed by atoms with Crippen LogP contribution in [0.25, 0.3) is 0 Å². The summed E-state index contributed by atoms with van der Waals surface area (Å²) in [6.45, 7) is 6.15. The van der Waals surface area contributed by atoms with Crippen molar-refractivity contribution in [3.63, 3.8) is 0 Å². The van der Waals surface area contributed by atoms with Gasteiger partial charge in [-0.3, -0.25) is 14.9 Å². The van der Waals surface area contributed by atoms with Gasteiger partial charge in [0, 0.05) is 11.5 Å². The largest absolute Gasteiger partial charge is 0.443 e. The minimum Gasteiger partial charge on any atom is -0.443 e. The van der Waals surface area contributed by atoms with Crippen LogP contribution in [-0.4, -0.2) is 20.8 Å². The fourth-order valence-electron chi connectivity index (χ4n) is 1.78. The highest BCUT2D eigenvalue weighted by Crippen LogP contribution is 2.23. The van der Waals surface area contributed by atoms with Gasteiger partial charge in [-0.05, 0) is 0 Å². The molecule has 2 aromatic heterocycles. The van der Waals surface area contributed by atoms with Gasteiger partial charge in [0.15, 0.2) is 0 Å². The molecule has 122 valence electrons. The molecule has 2 aromatic rings. The topological polar surface area (TPSA) is 137 Å². The lowest BCUT2D eigenvalue weighted by Gasteiger charge is -2.13. The van der Waals surface area contributed by atoms with E-state index in [1.807, 2.05) is 20.8 Å². The average Bonchev–Trinajstić information content (AvgIpc) is 2.93. The van der Waals surface area contributed by atoms with Gasteiger partial charge in [0.05, 0.1) is 23.2 Å². The molecule has 0 saturated carbocycles. The number of nitrogens with two attached hydrogens (primary N) is 1. The van der Waals surface area contributed by atoms with E-state index in [0.29, 0.717) is 5.89 Å². The number of pyridine rings is 1. The number of nitrogens with zero attached hydrogens (tertiary/aromatic N) is 3. The maximum absolute atomic E-state index is 11.4. The van der Waals surface area contributed by atoms with Gasteiger partial charge in [-0.25, -0.2) is 9.97 Å². The van der Waals surface area contributed by atoms with Crippen LogP contribution in [0.5, 0.6) is 0 Å². The van der Waals surface area contributed by atoms with Crippen molar-refractivity contribution in [2.24, 2.45) is 5.73 Å². The summed E-state index contributed by atoms with van der Waals surface area (Å²) in [7, 11) is 0. The molecule has 9 heteroatoms. The molecule has 0 unspecified atom stereocenters. The molecule has 0 aromatic carbocycles. The van der Waals surface area contributed by atoms with E-state index in [1.54, 1.807) is 6.20 Å². The standard InChI is InChI=1S/C14H17N5O4/c1-14(2,3)10-6-16-11(23-10)7-18-13-9(12(15)20)4-8(5-17-13)19(21)22/h4-6H,7H2,1-3H3,(H2,15,20)(H,17,18). The van der Waals surface area contributed by atoms with E-state index in [-0.39, 0.29) is 29.0 Å². The van der Waals surface area contributed by atoms with Crippen LogP contribution in [0.4, 0.5) is 11.5 Å². The van der Waals surface area contributed by atoms with Crippen LogP contribution in [0.15, 0.2) is 22.9 Å². The van der Waals surface area contributed by atoms with E-state index >= 15 is 0 Å². The van der Waals surface area contributed by atoms with Crippen LogP contribution >= 0.6 is 0 Å². The number of carbonyl (C=O) groups is 1. The highest BCUT2D eigenvalue weighted by molar-refractivity contribution is 5.98. The molecule has 0 aliphatic carbocycles. The Kier molecular flexibility index (Phi) is 4.30. The number of nitro groups is 1. The fourth-order valence-corrected chi connectivity index (χ4v) is 1.78. The van der Waals surface area contributed by atoms with E-state index in [9.17, 15) is 14.9 Å². The lowest BCUT2D eigenvalue weighted by molar-refractivity contribution is -0.385. The second-order valence-electron chi connectivity index (χ2n) is 5.93. The minimum absolute atomic E-state index is 0.0678. The molecule has 0 aliphatic rings. The first-order chi connectivity index (χ1) is 10.7. The third-order valence-electron chi connectivity index (χ3n) is 3.05. The normalized spacial score (nSPS) is 11.3. The molecule has 0 spiro atoms. The lowest BCUT2D eigenvalue weighted by Crippen LogP contribution is -2.16. The summed E-state index contributed by atoms with van der Waals surface area (Å²) in [5.74, 6) is 0.455. The third kappa shape index (κ3) is 3.82. The van der Waals surface area contributed by atoms with E-state index in [4.69, 9.17) is 10.2 Å². The SMILES string of the molecule is CC(C)(C)c1cnc(CNc2ncc([N+](=O)[O-])cc2C(N)=O)o1. The van der Waals surface area contributed by atoms with Gasteiger partial charge >= 0.3 is 0 Å². The molecule has 2 rings (SSSR count). The number of rotatable bonds is 5. The summed E-state index contributed by atoms with van der Waals surface area (Å²) >= 11 is 0. The van der Waals surface area contributed by atoms with E-state index in [2.05, 4.69) is 15.3 Å². The van der Waals surface area contributed by atoms with Crippen LogP contribution in [0.3, 0.4) is 0 Å². The van der Waals surface area contributed by atoms with Crippen molar-refractivity contribution >= 4 is 17.4 Å². The Morgan fingerprint density at radius 1 is 1.39 bits per heavy atom. The summed E-state index contributed by atoms with van der Waals surface area (Å²) in [4.78, 5) is 29.5. The zero-order chi connectivity index (χ0) is 17.2. The van der Waals surface area contributed by atoms with Gasteiger partial charge < -0.3 is 15.5 Å². The van der Waals surface area contributed by atoms with E-state index in [1.165, 1.54) is 0 Å². The molecule has 0 fully saturated rings. The summed E-state index contributed by atoms with van der Waals surface area (Å²) in [5.41, 5.74) is 4.68. The summed E-state index contributed by atoms with van der Waals surface area (Å²) < 4.78 is 5.61. The predicted octanol–water partition coefficient (Wildman–Crippen LogP) is 1.99. The highest BCUT2D eigenvalue weighted by Gasteiger charge is 2.20. The van der Waals surface area contributed by atoms with Crippen LogP contribution < -0.4 is 11.1 Å². The number of hydrogen-bond donors (Lipinski definition) is 2. The highest BCUT2D eigenvalue weighted by atomic mass is 16.6. The molecule has 1 amide bonds. The molecule has 9 nitrogen and oxygen atoms in total. The second kappa shape index (κ2) is 6.03. The number of carbonyl (C=O) groups excluding carboxylic acids is 1. The van der Waals surface area contributed by atoms with Crippen molar-refractivity contribution in [2.45, 2.75) is 32.7 Å². The minimum atomic E-state index is -0.813. The summed E-state index contributed by atoms with van der Waals surface area (Å²) in [6.07, 6.45) is 2.68. The molecule has 0 radical (unpaired) electrons. The van der Waals surface area contributed by atoms with Crippen molar-refractivity contribution < 1.29 is 14.1 Å². The van der Waals surface area contributed by atoms with Gasteiger partial charge in [0.1, 0.15) is 17.8 Å². The predicted molar refractivity (Wildman–Crippen MR) is 81.9 cm³/mol. The zero-order valence-electron chi connectivity index (χ0n) is 13.0. The first kappa shape index (κ1) is 16.4. The van der Waals surface area contributed by atoms with E-state index < -0.39 is 10.8 Å². The molecule has 23 heavy (non-hydrogen) atoms. The molecule has 2 heterocycles. The Balaban J connectivity index is 2.18. The van der Waals surface area contributed by atoms with Crippen LogP contribution in [0.2, 0.25) is 0 Å². The van der Waals surface area contributed by atoms with Crippen molar-refractivity contribution in [3.05, 3.63) is 45.8 Å². The maximum Gasteiger partial charge on any atom is 0.288 e. The average molecular weight is 319 g/mol. The van der Waals surface area contributed by atoms with Gasteiger partial charge in [0.2, 0.25) is 5.89 Å². The molecule has 0 bridgehead atoms. The summed E-state index contributed by atoms with van der Waals surface area (Å²) in [5, 5.41) is 13.6. The Labute approximate surface area is 132 Å². The second-order valence-corrected chi connectivity index (χ2v) is 5.93. The number of anilines is 1. The Morgan fingerprint density at radius 2 is 2.09 bits per heavy atom. The van der Waals surface area contributed by atoms with Crippen LogP contribution in [0, 0.1) is 10.1 Å². The number of amides is 1. The Hall–Kier alpha value is -2.97. The lowest BCUT2D eigenvalue weighted by atomic mass is 9.94. The Bertz CT molecular complexity index is 748. The first-order valence-electron chi connectivity index (χ1n) is 6.82. The number of oxazole rings is 1. The molecular formula is C14H17N5O4. The van der Waals surface area contributed by atoms with Crippen molar-refractivity contribution in [1.82, 2.24) is 9.97 Å². The van der Waals surface area contributed by atoms with Gasteiger partial charge in [-0.15, -0.1) is 0 Å². The van der Waals surface area contributed by atoms with E-state index in [0.717, 1.165) is 18.0 Å². The maximum atomic E-state index is 11.4. The van der Waals surface area contributed by atoms with Crippen LogP contribution in [-0.2, 0) is 12.0 Å². The van der Waals surface area contributed by atoms with Gasteiger partial charge in [-0.1, -0.05) is 20.8 Å². The molecule has 3 N–H and O–H groups in total. The fraction of sp³-hybridized carbons (Fsp3) is 0.357. The quantitative estimate of drug-likeness (QED) is 0.634. The van der Waals surface area contributed by atoms with Crippen molar-refractivity contribution in [2.75, 3.05) is 5.32 Å². The monoisotopic (exact) mass is 319 g/mol. The van der Waals surface area contributed by atoms with Crippen LogP contribution in [0.1, 0.15) is 42.8 Å². The molecule has 0 saturated heterocycles. The number of hydrogen-bond acceptors (Lipinski definition) is 7. The Morgan fingerprint density at radius 3 is 2.61 bits per heavy atom. The number of primary amides is 1. The molecule has 0 atom stereocenters. The van der Waals surface area contributed by atoms with Crippen molar-refractivity contribution in [3.8, 4) is 0 Å². The third-order valence-corrected chi connectivity index (χ3v) is 3.05. The zero-order valence-corrected chi connectivity index (χ0v) is 13.0. The first-order valence-corrected chi connectivity index (χ1v) is 6.82. The number of nitrogens with one attached hydrogen (secondary N) is 1. The number of aromatic nitrogens is 2. The molecule has 0 aliphatic heterocycles. The van der Waals surface area contributed by atoms with Gasteiger partial charge in [-0.2, -0.15) is 0 Å². The smallest absolute Gasteiger partial charge is 0.288 e. The van der Waals surface area contributed by atoms with Gasteiger partial charge in [0.25, 0.3) is 11.6 Å². The molecular weight excluding hydrogens is 302 g/mol. The van der Waals surface area contributed by atoms with Crippen molar-refractivity contribution in [1.29, 1.82) is 0 Å². The summed E-state index contributed by atoms with van der Waals surface area (Å²) in [6, 6.07) is 1.08.